The second-order valence-electron chi connectivity index (χ2n) is 19.2. The van der Waals surface area contributed by atoms with E-state index in [2.05, 4.69) is 127 Å². The van der Waals surface area contributed by atoms with E-state index in [0.29, 0.717) is 17.2 Å². The van der Waals surface area contributed by atoms with Crippen LogP contribution in [0.3, 0.4) is 0 Å². The maximum absolute atomic E-state index is 11.2. The summed E-state index contributed by atoms with van der Waals surface area (Å²) in [5, 5.41) is 33.7. The van der Waals surface area contributed by atoms with Gasteiger partial charge in [-0.05, 0) is 114 Å². The van der Waals surface area contributed by atoms with Gasteiger partial charge in [0.25, 0.3) is 0 Å². The number of rotatable bonds is 17. The van der Waals surface area contributed by atoms with Crippen molar-refractivity contribution >= 4 is 11.8 Å². The van der Waals surface area contributed by atoms with Gasteiger partial charge in [-0.25, -0.2) is 0 Å². The Balaban J connectivity index is 2.18. The van der Waals surface area contributed by atoms with E-state index >= 15 is 0 Å². The highest BCUT2D eigenvalue weighted by atomic mass is 32.2. The van der Waals surface area contributed by atoms with Gasteiger partial charge < -0.3 is 15.3 Å². The molecule has 0 aliphatic rings. The summed E-state index contributed by atoms with van der Waals surface area (Å²) in [5.41, 5.74) is 9.46. The van der Waals surface area contributed by atoms with Crippen molar-refractivity contribution in [1.82, 2.24) is 0 Å². The van der Waals surface area contributed by atoms with Crippen molar-refractivity contribution in [3.05, 3.63) is 86.5 Å². The van der Waals surface area contributed by atoms with Crippen LogP contribution in [0.15, 0.2) is 36.4 Å². The fourth-order valence-electron chi connectivity index (χ4n) is 9.20. The van der Waals surface area contributed by atoms with Gasteiger partial charge in [0.2, 0.25) is 0 Å². The van der Waals surface area contributed by atoms with Gasteiger partial charge in [-0.1, -0.05) is 145 Å². The van der Waals surface area contributed by atoms with Crippen LogP contribution in [0.5, 0.6) is 17.2 Å². The summed E-state index contributed by atoms with van der Waals surface area (Å²) in [6, 6.07) is 12.2. The largest absolute Gasteiger partial charge is 0.508 e. The first kappa shape index (κ1) is 44.8. The molecule has 0 amide bonds. The van der Waals surface area contributed by atoms with Crippen LogP contribution in [0.2, 0.25) is 0 Å². The molecule has 3 rings (SSSR count). The lowest BCUT2D eigenvalue weighted by Gasteiger charge is -2.39. The number of hydrogen-bond donors (Lipinski definition) is 3. The normalized spacial score (nSPS) is 13.9. The lowest BCUT2D eigenvalue weighted by molar-refractivity contribution is 0.442. The molecule has 1 atom stereocenters. The molecular weight excluding hydrogens is 669 g/mol. The summed E-state index contributed by atoms with van der Waals surface area (Å²) in [6.45, 7) is 30.9. The molecule has 3 aromatic rings. The highest BCUT2D eigenvalue weighted by molar-refractivity contribution is 8.00. The van der Waals surface area contributed by atoms with E-state index in [4.69, 9.17) is 0 Å². The number of phenols is 3. The summed E-state index contributed by atoms with van der Waals surface area (Å²) < 4.78 is -0.291. The second kappa shape index (κ2) is 18.4. The van der Waals surface area contributed by atoms with E-state index in [1.165, 1.54) is 86.5 Å². The van der Waals surface area contributed by atoms with E-state index in [-0.39, 0.29) is 26.9 Å². The maximum Gasteiger partial charge on any atom is 0.119 e. The Kier molecular flexibility index (Phi) is 15.5. The predicted octanol–water partition coefficient (Wildman–Crippen LogP) is 14.7. The molecular formula is C49H76O3S. The Morgan fingerprint density at radius 2 is 0.849 bits per heavy atom. The topological polar surface area (TPSA) is 60.7 Å². The standard InChI is InChI=1S/C49H76O3S/c1-15-16-17-18-19-20-21-22-23-24-31-53-49(14,39-27-30-42(52)45(35(39)4)48(11,12)13)32-38(36-25-28-40(50)43(33(36)2)46(5,6)7)37-26-29-41(51)44(34(37)3)47(8,9)10/h25-30,38,50-52H,15-24,31-32H2,1-14H3. The summed E-state index contributed by atoms with van der Waals surface area (Å²) >= 11 is 2.07. The molecule has 1 unspecified atom stereocenters. The van der Waals surface area contributed by atoms with Crippen molar-refractivity contribution in [2.24, 2.45) is 0 Å². The van der Waals surface area contributed by atoms with Crippen molar-refractivity contribution in [1.29, 1.82) is 0 Å². The van der Waals surface area contributed by atoms with Crippen molar-refractivity contribution in [3.8, 4) is 17.2 Å². The highest BCUT2D eigenvalue weighted by Crippen LogP contribution is 2.52. The average Bonchev–Trinajstić information content (AvgIpc) is 3.01. The number of hydrogen-bond acceptors (Lipinski definition) is 4. The van der Waals surface area contributed by atoms with Crippen molar-refractivity contribution in [3.63, 3.8) is 0 Å². The zero-order valence-electron chi connectivity index (χ0n) is 36.3. The minimum atomic E-state index is -0.291. The van der Waals surface area contributed by atoms with Crippen molar-refractivity contribution in [2.75, 3.05) is 5.75 Å². The quantitative estimate of drug-likeness (QED) is 0.120. The Bertz CT molecular complexity index is 1580. The molecule has 0 heterocycles. The highest BCUT2D eigenvalue weighted by Gasteiger charge is 2.38. The molecule has 0 aliphatic carbocycles. The molecule has 0 radical (unpaired) electrons. The molecule has 0 aliphatic heterocycles. The molecule has 0 bridgehead atoms. The molecule has 0 fully saturated rings. The van der Waals surface area contributed by atoms with E-state index in [0.717, 1.165) is 40.0 Å². The molecule has 3 nitrogen and oxygen atoms in total. The number of unbranched alkanes of at least 4 members (excludes halogenated alkanes) is 9. The van der Waals surface area contributed by atoms with Gasteiger partial charge in [0.05, 0.1) is 0 Å². The van der Waals surface area contributed by atoms with Crippen LogP contribution >= 0.6 is 11.8 Å². The molecule has 0 aromatic heterocycles. The Morgan fingerprint density at radius 1 is 0.491 bits per heavy atom. The maximum atomic E-state index is 11.2. The predicted molar refractivity (Wildman–Crippen MR) is 233 cm³/mol. The van der Waals surface area contributed by atoms with E-state index in [1.54, 1.807) is 0 Å². The van der Waals surface area contributed by atoms with E-state index in [1.807, 2.05) is 18.2 Å². The van der Waals surface area contributed by atoms with E-state index in [9.17, 15) is 15.3 Å². The van der Waals surface area contributed by atoms with Crippen LogP contribution in [-0.4, -0.2) is 21.1 Å². The van der Waals surface area contributed by atoms with Crippen molar-refractivity contribution in [2.45, 2.75) is 194 Å². The van der Waals surface area contributed by atoms with Crippen LogP contribution in [-0.2, 0) is 21.0 Å². The summed E-state index contributed by atoms with van der Waals surface area (Å²) in [4.78, 5) is 0. The number of phenolic OH excluding ortho intramolecular Hbond substituents is 3. The lowest BCUT2D eigenvalue weighted by Crippen LogP contribution is -2.27. The van der Waals surface area contributed by atoms with E-state index < -0.39 is 0 Å². The van der Waals surface area contributed by atoms with Gasteiger partial charge in [-0.2, -0.15) is 11.8 Å². The Hall–Kier alpha value is -2.59. The average molecular weight is 745 g/mol. The fourth-order valence-corrected chi connectivity index (χ4v) is 10.7. The number of thioether (sulfide) groups is 1. The van der Waals surface area contributed by atoms with Gasteiger partial charge in [0.15, 0.2) is 0 Å². The first-order chi connectivity index (χ1) is 24.6. The van der Waals surface area contributed by atoms with Gasteiger partial charge >= 0.3 is 0 Å². The molecule has 0 spiro atoms. The van der Waals surface area contributed by atoms with Gasteiger partial charge in [0.1, 0.15) is 17.2 Å². The molecule has 3 N–H and O–H groups in total. The molecule has 3 aromatic carbocycles. The molecule has 0 saturated heterocycles. The Labute approximate surface area is 329 Å². The first-order valence-electron chi connectivity index (χ1n) is 20.7. The van der Waals surface area contributed by atoms with Gasteiger partial charge in [-0.3, -0.25) is 0 Å². The van der Waals surface area contributed by atoms with Crippen LogP contribution in [0, 0.1) is 20.8 Å². The SMILES string of the molecule is CCCCCCCCCCCCSC(C)(CC(c1ccc(O)c(C(C)(C)C)c1C)c1ccc(O)c(C(C)(C)C)c1C)c1ccc(O)c(C(C)(C)C)c1C. The van der Waals surface area contributed by atoms with Crippen LogP contribution in [0.25, 0.3) is 0 Å². The third-order valence-corrected chi connectivity index (χ3v) is 13.0. The zero-order valence-corrected chi connectivity index (χ0v) is 37.1. The van der Waals surface area contributed by atoms with Gasteiger partial charge in [0, 0.05) is 27.4 Å². The van der Waals surface area contributed by atoms with Crippen LogP contribution in [0.1, 0.15) is 203 Å². The van der Waals surface area contributed by atoms with Crippen LogP contribution in [0.4, 0.5) is 0 Å². The van der Waals surface area contributed by atoms with Crippen molar-refractivity contribution < 1.29 is 15.3 Å². The summed E-state index contributed by atoms with van der Waals surface area (Å²) in [6.07, 6.45) is 14.0. The van der Waals surface area contributed by atoms with Gasteiger partial charge in [-0.15, -0.1) is 0 Å². The molecule has 4 heteroatoms. The molecule has 53 heavy (non-hydrogen) atoms. The molecule has 296 valence electrons. The van der Waals surface area contributed by atoms with Crippen LogP contribution < -0.4 is 0 Å². The minimum absolute atomic E-state index is 0.00472. The monoisotopic (exact) mass is 745 g/mol. The zero-order chi connectivity index (χ0) is 39.9. The summed E-state index contributed by atoms with van der Waals surface area (Å²) in [7, 11) is 0. The summed E-state index contributed by atoms with van der Waals surface area (Å²) in [5.74, 6) is 2.12. The first-order valence-corrected chi connectivity index (χ1v) is 21.7. The fraction of sp³-hybridized carbons (Fsp3) is 0.633. The lowest BCUT2D eigenvalue weighted by atomic mass is 9.72. The smallest absolute Gasteiger partial charge is 0.119 e. The third-order valence-electron chi connectivity index (χ3n) is 11.5. The Morgan fingerprint density at radius 3 is 1.25 bits per heavy atom. The third kappa shape index (κ3) is 11.2. The number of aromatic hydroxyl groups is 3. The minimum Gasteiger partial charge on any atom is -0.508 e. The molecule has 0 saturated carbocycles. The number of benzene rings is 3. The second-order valence-corrected chi connectivity index (χ2v) is 20.8.